The Balaban J connectivity index is 2.13. The minimum atomic E-state index is -2.96. The number of benzene rings is 1. The predicted molar refractivity (Wildman–Crippen MR) is 52.8 cm³/mol. The zero-order valence-corrected chi connectivity index (χ0v) is 8.21. The number of nitrogens with one attached hydrogen (secondary N) is 1. The van der Waals surface area contributed by atoms with Crippen molar-refractivity contribution in [3.63, 3.8) is 0 Å². The molecule has 0 aliphatic carbocycles. The van der Waals surface area contributed by atoms with Crippen LogP contribution in [0, 0.1) is 0 Å². The van der Waals surface area contributed by atoms with Gasteiger partial charge in [-0.05, 0) is 0 Å². The van der Waals surface area contributed by atoms with Gasteiger partial charge in [0.25, 0.3) is 5.92 Å². The summed E-state index contributed by atoms with van der Waals surface area (Å²) in [7, 11) is 0. The van der Waals surface area contributed by atoms with E-state index in [-0.39, 0.29) is 18.7 Å². The molecule has 1 aliphatic heterocycles. The van der Waals surface area contributed by atoms with Gasteiger partial charge in [0.05, 0.1) is 5.60 Å². The number of halogens is 2. The summed E-state index contributed by atoms with van der Waals surface area (Å²) in [4.78, 5) is 0. The lowest BCUT2D eigenvalue weighted by atomic mass is 9.87. The topological polar surface area (TPSA) is 32.3 Å². The van der Waals surface area contributed by atoms with Crippen LogP contribution >= 0.6 is 0 Å². The van der Waals surface area contributed by atoms with Crippen molar-refractivity contribution in [1.82, 2.24) is 5.32 Å². The molecule has 0 saturated carbocycles. The second-order valence-corrected chi connectivity index (χ2v) is 4.08. The fraction of sp³-hybridized carbons (Fsp3) is 0.455. The minimum absolute atomic E-state index is 0.0367. The minimum Gasteiger partial charge on any atom is -0.387 e. The molecule has 15 heavy (non-hydrogen) atoms. The van der Waals surface area contributed by atoms with Gasteiger partial charge in [-0.2, -0.15) is 0 Å². The van der Waals surface area contributed by atoms with Gasteiger partial charge in [-0.15, -0.1) is 0 Å². The number of aliphatic hydroxyl groups is 1. The molecule has 2 nitrogen and oxygen atoms in total. The SMILES string of the molecule is OC1(CC(F)(F)c2ccccc2)CNC1. The van der Waals surface area contributed by atoms with Crippen LogP contribution in [0.2, 0.25) is 0 Å². The monoisotopic (exact) mass is 213 g/mol. The van der Waals surface area contributed by atoms with Gasteiger partial charge in [-0.3, -0.25) is 0 Å². The van der Waals surface area contributed by atoms with Gasteiger partial charge >= 0.3 is 0 Å². The zero-order chi connectivity index (χ0) is 10.9. The summed E-state index contributed by atoms with van der Waals surface area (Å²) < 4.78 is 27.4. The van der Waals surface area contributed by atoms with Crippen molar-refractivity contribution < 1.29 is 13.9 Å². The van der Waals surface area contributed by atoms with Crippen molar-refractivity contribution >= 4 is 0 Å². The second kappa shape index (κ2) is 3.54. The van der Waals surface area contributed by atoms with Crippen LogP contribution in [-0.4, -0.2) is 23.8 Å². The summed E-state index contributed by atoms with van der Waals surface area (Å²) in [6.07, 6.45) is -0.517. The van der Waals surface area contributed by atoms with E-state index in [0.29, 0.717) is 0 Å². The maximum atomic E-state index is 13.7. The molecule has 2 N–H and O–H groups in total. The smallest absolute Gasteiger partial charge is 0.276 e. The van der Waals surface area contributed by atoms with Crippen molar-refractivity contribution in [2.45, 2.75) is 17.9 Å². The molecule has 2 rings (SSSR count). The van der Waals surface area contributed by atoms with Crippen molar-refractivity contribution in [1.29, 1.82) is 0 Å². The van der Waals surface area contributed by atoms with E-state index in [0.717, 1.165) is 0 Å². The summed E-state index contributed by atoms with van der Waals surface area (Å²) in [5, 5.41) is 12.5. The van der Waals surface area contributed by atoms with Gasteiger partial charge in [0, 0.05) is 25.1 Å². The Kier molecular flexibility index (Phi) is 2.48. The first kappa shape index (κ1) is 10.5. The molecular weight excluding hydrogens is 200 g/mol. The fourth-order valence-corrected chi connectivity index (χ4v) is 1.74. The second-order valence-electron chi connectivity index (χ2n) is 4.08. The Morgan fingerprint density at radius 2 is 1.87 bits per heavy atom. The molecule has 0 bridgehead atoms. The average Bonchev–Trinajstić information content (AvgIpc) is 2.16. The van der Waals surface area contributed by atoms with Crippen molar-refractivity contribution in [3.05, 3.63) is 35.9 Å². The van der Waals surface area contributed by atoms with Crippen LogP contribution in [0.1, 0.15) is 12.0 Å². The third kappa shape index (κ3) is 2.16. The molecule has 1 heterocycles. The van der Waals surface area contributed by atoms with E-state index < -0.39 is 17.9 Å². The van der Waals surface area contributed by atoms with Gasteiger partial charge in [0.1, 0.15) is 0 Å². The summed E-state index contributed by atoms with van der Waals surface area (Å²) >= 11 is 0. The van der Waals surface area contributed by atoms with Gasteiger partial charge in [0.2, 0.25) is 0 Å². The number of alkyl halides is 2. The molecule has 0 radical (unpaired) electrons. The molecule has 0 unspecified atom stereocenters. The molecular formula is C11H13F2NO. The number of β-amino-alcohol motifs (C(OH)–C–C–N with tert-alkyl or cyclic N) is 1. The quantitative estimate of drug-likeness (QED) is 0.797. The first-order valence-corrected chi connectivity index (χ1v) is 4.88. The first-order chi connectivity index (χ1) is 7.02. The predicted octanol–water partition coefficient (Wildman–Crippen LogP) is 1.50. The van der Waals surface area contributed by atoms with Crippen molar-refractivity contribution in [3.8, 4) is 0 Å². The lowest BCUT2D eigenvalue weighted by molar-refractivity contribution is -0.114. The van der Waals surface area contributed by atoms with E-state index in [4.69, 9.17) is 0 Å². The number of hydrogen-bond donors (Lipinski definition) is 2. The Hall–Kier alpha value is -1.00. The summed E-state index contributed by atoms with van der Waals surface area (Å²) in [5.74, 6) is -2.96. The maximum absolute atomic E-state index is 13.7. The van der Waals surface area contributed by atoms with E-state index in [1.165, 1.54) is 12.1 Å². The maximum Gasteiger partial charge on any atom is 0.276 e. The zero-order valence-electron chi connectivity index (χ0n) is 8.21. The van der Waals surface area contributed by atoms with E-state index in [2.05, 4.69) is 5.32 Å². The summed E-state index contributed by atoms with van der Waals surface area (Å²) in [5.41, 5.74) is -1.29. The fourth-order valence-electron chi connectivity index (χ4n) is 1.74. The van der Waals surface area contributed by atoms with Gasteiger partial charge in [-0.25, -0.2) is 8.78 Å². The van der Waals surface area contributed by atoms with Crippen LogP contribution in [0.4, 0.5) is 8.78 Å². The van der Waals surface area contributed by atoms with Crippen LogP contribution in [0.15, 0.2) is 30.3 Å². The Labute approximate surface area is 86.9 Å². The van der Waals surface area contributed by atoms with Crippen LogP contribution < -0.4 is 5.32 Å². The van der Waals surface area contributed by atoms with Crippen molar-refractivity contribution in [2.75, 3.05) is 13.1 Å². The van der Waals surface area contributed by atoms with Crippen molar-refractivity contribution in [2.24, 2.45) is 0 Å². The highest BCUT2D eigenvalue weighted by molar-refractivity contribution is 5.21. The highest BCUT2D eigenvalue weighted by Crippen LogP contribution is 2.37. The first-order valence-electron chi connectivity index (χ1n) is 4.88. The van der Waals surface area contributed by atoms with Crippen LogP contribution in [0.3, 0.4) is 0 Å². The largest absolute Gasteiger partial charge is 0.387 e. The third-order valence-corrected chi connectivity index (χ3v) is 2.66. The molecule has 1 saturated heterocycles. The van der Waals surface area contributed by atoms with Gasteiger partial charge in [0.15, 0.2) is 0 Å². The average molecular weight is 213 g/mol. The molecule has 0 spiro atoms. The molecule has 4 heteroatoms. The van der Waals surface area contributed by atoms with Crippen LogP contribution in [0.25, 0.3) is 0 Å². The summed E-state index contributed by atoms with van der Waals surface area (Å²) in [6.45, 7) is 0.491. The molecule has 0 aromatic heterocycles. The molecule has 0 atom stereocenters. The molecule has 0 amide bonds. The summed E-state index contributed by atoms with van der Waals surface area (Å²) in [6, 6.07) is 7.61. The van der Waals surface area contributed by atoms with Gasteiger partial charge in [-0.1, -0.05) is 30.3 Å². The van der Waals surface area contributed by atoms with E-state index in [9.17, 15) is 13.9 Å². The van der Waals surface area contributed by atoms with Crippen LogP contribution in [-0.2, 0) is 5.92 Å². The molecule has 1 aromatic carbocycles. The number of hydrogen-bond acceptors (Lipinski definition) is 2. The Morgan fingerprint density at radius 1 is 1.27 bits per heavy atom. The van der Waals surface area contributed by atoms with Crippen LogP contribution in [0.5, 0.6) is 0 Å². The van der Waals surface area contributed by atoms with E-state index in [1.54, 1.807) is 18.2 Å². The highest BCUT2D eigenvalue weighted by Gasteiger charge is 2.45. The molecule has 82 valence electrons. The third-order valence-electron chi connectivity index (χ3n) is 2.66. The molecule has 1 aliphatic rings. The Bertz CT molecular complexity index is 336. The lowest BCUT2D eigenvalue weighted by Gasteiger charge is -2.39. The molecule has 1 fully saturated rings. The highest BCUT2D eigenvalue weighted by atomic mass is 19.3. The van der Waals surface area contributed by atoms with E-state index in [1.807, 2.05) is 0 Å². The number of rotatable bonds is 3. The normalized spacial score (nSPS) is 19.7. The van der Waals surface area contributed by atoms with Gasteiger partial charge < -0.3 is 10.4 Å². The lowest BCUT2D eigenvalue weighted by Crippen LogP contribution is -2.61. The Morgan fingerprint density at radius 3 is 2.33 bits per heavy atom. The standard InChI is InChI=1S/C11H13F2NO/c12-11(13,6-10(15)7-14-8-10)9-4-2-1-3-5-9/h1-5,14-15H,6-8H2. The molecule has 1 aromatic rings. The van der Waals surface area contributed by atoms with E-state index >= 15 is 0 Å².